The number of fused-ring (bicyclic) bond motifs is 1. The molecule has 2 aliphatic rings. The molecule has 3 rings (SSSR count). The average Bonchev–Trinajstić information content (AvgIpc) is 2.96. The fourth-order valence-corrected chi connectivity index (χ4v) is 2.98. The number of imidazole rings is 1. The molecule has 2 N–H and O–H groups in total. The highest BCUT2D eigenvalue weighted by atomic mass is 16.3. The molecular formula is C12H19N3O. The van der Waals surface area contributed by atoms with Gasteiger partial charge in [0.2, 0.25) is 0 Å². The van der Waals surface area contributed by atoms with Crippen LogP contribution in [0.3, 0.4) is 0 Å². The molecule has 0 spiro atoms. The molecule has 88 valence electrons. The molecular weight excluding hydrogens is 202 g/mol. The van der Waals surface area contributed by atoms with Gasteiger partial charge in [-0.1, -0.05) is 0 Å². The van der Waals surface area contributed by atoms with Crippen molar-refractivity contribution < 1.29 is 5.11 Å². The molecule has 0 radical (unpaired) electrons. The largest absolute Gasteiger partial charge is 0.396 e. The van der Waals surface area contributed by atoms with Crippen molar-refractivity contribution >= 4 is 0 Å². The van der Waals surface area contributed by atoms with Gasteiger partial charge in [0.15, 0.2) is 0 Å². The van der Waals surface area contributed by atoms with Gasteiger partial charge in [-0.2, -0.15) is 0 Å². The number of aliphatic hydroxyl groups excluding tert-OH is 1. The third-order valence-electron chi connectivity index (χ3n) is 3.86. The Hall–Kier alpha value is -0.870. The van der Waals surface area contributed by atoms with Crippen molar-refractivity contribution in [1.82, 2.24) is 14.9 Å². The summed E-state index contributed by atoms with van der Waals surface area (Å²) in [5.41, 5.74) is 1.23. The Kier molecular flexibility index (Phi) is 2.69. The van der Waals surface area contributed by atoms with E-state index in [2.05, 4.69) is 14.9 Å². The quantitative estimate of drug-likeness (QED) is 0.788. The molecule has 1 fully saturated rings. The predicted octanol–water partition coefficient (Wildman–Crippen LogP) is 1.18. The number of hydrogen-bond acceptors (Lipinski definition) is 3. The molecule has 0 bridgehead atoms. The number of aromatic nitrogens is 2. The number of rotatable bonds is 2. The summed E-state index contributed by atoms with van der Waals surface area (Å²) in [5, 5.41) is 12.9. The maximum atomic E-state index is 9.36. The smallest absolute Gasteiger partial charge is 0.126 e. The number of aliphatic hydroxyl groups is 1. The molecule has 0 aliphatic carbocycles. The first kappa shape index (κ1) is 10.3. The maximum absolute atomic E-state index is 9.36. The van der Waals surface area contributed by atoms with E-state index in [0.29, 0.717) is 12.0 Å². The second-order valence-corrected chi connectivity index (χ2v) is 4.86. The van der Waals surface area contributed by atoms with Crippen LogP contribution in [0.5, 0.6) is 0 Å². The minimum atomic E-state index is 0.253. The fraction of sp³-hybridized carbons (Fsp3) is 0.750. The molecule has 1 aromatic heterocycles. The zero-order valence-corrected chi connectivity index (χ0v) is 9.52. The molecule has 16 heavy (non-hydrogen) atoms. The first-order valence-electron chi connectivity index (χ1n) is 6.29. The van der Waals surface area contributed by atoms with Gasteiger partial charge in [0, 0.05) is 24.4 Å². The number of nitrogens with one attached hydrogen (secondary N) is 1. The maximum Gasteiger partial charge on any atom is 0.126 e. The third-order valence-corrected chi connectivity index (χ3v) is 3.86. The highest BCUT2D eigenvalue weighted by molar-refractivity contribution is 5.16. The van der Waals surface area contributed by atoms with Crippen molar-refractivity contribution in [3.05, 3.63) is 17.7 Å². The van der Waals surface area contributed by atoms with Crippen LogP contribution in [0.1, 0.15) is 49.2 Å². The summed E-state index contributed by atoms with van der Waals surface area (Å²) in [6.07, 6.45) is 6.67. The van der Waals surface area contributed by atoms with Crippen LogP contribution in [-0.2, 0) is 6.54 Å². The van der Waals surface area contributed by atoms with E-state index in [1.165, 1.54) is 24.4 Å². The van der Waals surface area contributed by atoms with Crippen LogP contribution in [0.15, 0.2) is 6.20 Å². The Bertz CT molecular complexity index is 368. The highest BCUT2D eigenvalue weighted by Gasteiger charge is 2.27. The second kappa shape index (κ2) is 4.18. The van der Waals surface area contributed by atoms with Crippen LogP contribution in [0, 0.1) is 0 Å². The second-order valence-electron chi connectivity index (χ2n) is 4.86. The van der Waals surface area contributed by atoms with Gasteiger partial charge in [0.1, 0.15) is 5.82 Å². The van der Waals surface area contributed by atoms with Crippen LogP contribution in [-0.4, -0.2) is 27.8 Å². The predicted molar refractivity (Wildman–Crippen MR) is 61.3 cm³/mol. The molecule has 0 amide bonds. The van der Waals surface area contributed by atoms with E-state index >= 15 is 0 Å². The highest BCUT2D eigenvalue weighted by Crippen LogP contribution is 2.31. The minimum absolute atomic E-state index is 0.253. The zero-order valence-electron chi connectivity index (χ0n) is 9.52. The summed E-state index contributed by atoms with van der Waals surface area (Å²) in [6, 6.07) is 0.436. The monoisotopic (exact) mass is 221 g/mol. The fourth-order valence-electron chi connectivity index (χ4n) is 2.98. The van der Waals surface area contributed by atoms with E-state index in [9.17, 15) is 5.11 Å². The van der Waals surface area contributed by atoms with Crippen molar-refractivity contribution in [1.29, 1.82) is 0 Å². The van der Waals surface area contributed by atoms with Gasteiger partial charge in [0.25, 0.3) is 0 Å². The van der Waals surface area contributed by atoms with E-state index in [1.807, 2.05) is 6.20 Å². The topological polar surface area (TPSA) is 50.1 Å². The molecule has 0 saturated carbocycles. The van der Waals surface area contributed by atoms with Crippen LogP contribution in [0.4, 0.5) is 0 Å². The normalized spacial score (nSPS) is 29.3. The lowest BCUT2D eigenvalue weighted by Gasteiger charge is -2.25. The molecule has 2 unspecified atom stereocenters. The van der Waals surface area contributed by atoms with Crippen LogP contribution in [0.25, 0.3) is 0 Å². The van der Waals surface area contributed by atoms with Gasteiger partial charge >= 0.3 is 0 Å². The van der Waals surface area contributed by atoms with Gasteiger partial charge in [0.05, 0.1) is 12.6 Å². The summed E-state index contributed by atoms with van der Waals surface area (Å²) in [7, 11) is 0. The summed E-state index contributed by atoms with van der Waals surface area (Å²) >= 11 is 0. The number of hydrogen-bond donors (Lipinski definition) is 2. The lowest BCUT2D eigenvalue weighted by molar-refractivity contribution is 0.239. The Morgan fingerprint density at radius 2 is 2.38 bits per heavy atom. The summed E-state index contributed by atoms with van der Waals surface area (Å²) in [6.45, 7) is 2.43. The molecule has 2 atom stereocenters. The molecule has 3 heterocycles. The summed E-state index contributed by atoms with van der Waals surface area (Å²) in [4.78, 5) is 4.57. The van der Waals surface area contributed by atoms with Crippen molar-refractivity contribution in [2.45, 2.75) is 44.2 Å². The van der Waals surface area contributed by atoms with Gasteiger partial charge in [-0.05, 0) is 32.2 Å². The van der Waals surface area contributed by atoms with Crippen molar-refractivity contribution in [2.24, 2.45) is 0 Å². The first-order valence-corrected chi connectivity index (χ1v) is 6.29. The lowest BCUT2D eigenvalue weighted by atomic mass is 9.97. The van der Waals surface area contributed by atoms with Gasteiger partial charge in [-0.15, -0.1) is 0 Å². The van der Waals surface area contributed by atoms with Gasteiger partial charge in [-0.3, -0.25) is 0 Å². The van der Waals surface area contributed by atoms with E-state index < -0.39 is 0 Å². The number of nitrogens with zero attached hydrogens (tertiary/aromatic N) is 2. The Labute approximate surface area is 95.7 Å². The summed E-state index contributed by atoms with van der Waals surface area (Å²) < 4.78 is 2.33. The van der Waals surface area contributed by atoms with E-state index in [-0.39, 0.29) is 6.61 Å². The zero-order chi connectivity index (χ0) is 11.0. The minimum Gasteiger partial charge on any atom is -0.396 e. The Balaban J connectivity index is 1.93. The average molecular weight is 221 g/mol. The SMILES string of the molecule is OCC1CCCn2c1cnc2C1CCCN1. The van der Waals surface area contributed by atoms with Crippen molar-refractivity contribution in [3.8, 4) is 0 Å². The Morgan fingerprint density at radius 1 is 1.44 bits per heavy atom. The third kappa shape index (κ3) is 1.57. The molecule has 2 aliphatic heterocycles. The molecule has 4 heteroatoms. The molecule has 1 saturated heterocycles. The first-order chi connectivity index (χ1) is 7.90. The molecule has 4 nitrogen and oxygen atoms in total. The standard InChI is InChI=1S/C12H19N3O/c16-8-9-3-2-6-15-11(9)7-14-12(15)10-4-1-5-13-10/h7,9-10,13,16H,1-6,8H2. The van der Waals surface area contributed by atoms with Crippen LogP contribution < -0.4 is 5.32 Å². The van der Waals surface area contributed by atoms with E-state index in [4.69, 9.17) is 0 Å². The summed E-state index contributed by atoms with van der Waals surface area (Å²) in [5.74, 6) is 1.49. The van der Waals surface area contributed by atoms with Crippen LogP contribution >= 0.6 is 0 Å². The Morgan fingerprint density at radius 3 is 3.12 bits per heavy atom. The van der Waals surface area contributed by atoms with E-state index in [1.54, 1.807) is 0 Å². The van der Waals surface area contributed by atoms with Crippen molar-refractivity contribution in [3.63, 3.8) is 0 Å². The molecule has 1 aromatic rings. The van der Waals surface area contributed by atoms with Crippen molar-refractivity contribution in [2.75, 3.05) is 13.2 Å². The van der Waals surface area contributed by atoms with E-state index in [0.717, 1.165) is 25.9 Å². The molecule has 0 aromatic carbocycles. The van der Waals surface area contributed by atoms with Gasteiger partial charge < -0.3 is 15.0 Å². The van der Waals surface area contributed by atoms with Gasteiger partial charge in [-0.25, -0.2) is 4.98 Å². The van der Waals surface area contributed by atoms with Crippen LogP contribution in [0.2, 0.25) is 0 Å². The lowest BCUT2D eigenvalue weighted by Crippen LogP contribution is -2.23.